The predicted octanol–water partition coefficient (Wildman–Crippen LogP) is 3.83. The van der Waals surface area contributed by atoms with Crippen molar-refractivity contribution in [2.45, 2.75) is 6.54 Å². The maximum absolute atomic E-state index is 12.7. The number of nitrogens with one attached hydrogen (secondary N) is 1. The van der Waals surface area contributed by atoms with Crippen molar-refractivity contribution in [3.8, 4) is 16.3 Å². The minimum Gasteiger partial charge on any atom is -0.496 e. The molecule has 2 aromatic heterocycles. The third-order valence-electron chi connectivity index (χ3n) is 5.80. The van der Waals surface area contributed by atoms with Gasteiger partial charge < -0.3 is 15.0 Å². The standard InChI is InChI=1S/C24H23ClN6O3S/c1-34-20-9-5-2-6-17(20)22-28-31-21(32)14-16(26-24(31)35-22)15-29-10-12-30(13-11-29)23(33)27-19-8-4-3-7-18(19)25/h2-9,14H,10-13,15H2,1H3,(H,27,33). The zero-order valence-electron chi connectivity index (χ0n) is 19.0. The first kappa shape index (κ1) is 23.3. The lowest BCUT2D eigenvalue weighted by molar-refractivity contribution is 0.142. The van der Waals surface area contributed by atoms with E-state index in [4.69, 9.17) is 16.3 Å². The van der Waals surface area contributed by atoms with Gasteiger partial charge in [0.05, 0.1) is 29.1 Å². The lowest BCUT2D eigenvalue weighted by Crippen LogP contribution is -2.49. The van der Waals surface area contributed by atoms with Crippen molar-refractivity contribution in [3.05, 3.63) is 75.7 Å². The summed E-state index contributed by atoms with van der Waals surface area (Å²) in [5, 5.41) is 8.49. The number of urea groups is 1. The number of hydrogen-bond acceptors (Lipinski definition) is 7. The average molecular weight is 511 g/mol. The minimum atomic E-state index is -0.222. The maximum Gasteiger partial charge on any atom is 0.321 e. The number of hydrogen-bond donors (Lipinski definition) is 1. The predicted molar refractivity (Wildman–Crippen MR) is 136 cm³/mol. The Bertz CT molecular complexity index is 1430. The third-order valence-corrected chi connectivity index (χ3v) is 7.07. The van der Waals surface area contributed by atoms with Crippen LogP contribution in [0.25, 0.3) is 15.5 Å². The number of para-hydroxylation sites is 2. The molecule has 0 bridgehead atoms. The Morgan fingerprint density at radius 2 is 1.86 bits per heavy atom. The van der Waals surface area contributed by atoms with Gasteiger partial charge in [-0.2, -0.15) is 9.61 Å². The van der Waals surface area contributed by atoms with E-state index >= 15 is 0 Å². The fraction of sp³-hybridized carbons (Fsp3) is 0.250. The highest BCUT2D eigenvalue weighted by Crippen LogP contribution is 2.32. The number of benzene rings is 2. The molecule has 5 rings (SSSR count). The summed E-state index contributed by atoms with van der Waals surface area (Å²) in [7, 11) is 1.61. The van der Waals surface area contributed by atoms with Crippen molar-refractivity contribution >= 4 is 39.6 Å². The van der Waals surface area contributed by atoms with Crippen LogP contribution < -0.4 is 15.6 Å². The van der Waals surface area contributed by atoms with Crippen molar-refractivity contribution < 1.29 is 9.53 Å². The molecule has 0 saturated carbocycles. The molecule has 180 valence electrons. The average Bonchev–Trinajstić information content (AvgIpc) is 3.30. The quantitative estimate of drug-likeness (QED) is 0.438. The van der Waals surface area contributed by atoms with Crippen LogP contribution in [-0.2, 0) is 6.54 Å². The molecule has 1 saturated heterocycles. The summed E-state index contributed by atoms with van der Waals surface area (Å²) in [6.07, 6.45) is 0. The summed E-state index contributed by atoms with van der Waals surface area (Å²) in [6.45, 7) is 3.00. The van der Waals surface area contributed by atoms with Gasteiger partial charge in [0.15, 0.2) is 5.01 Å². The molecule has 35 heavy (non-hydrogen) atoms. The molecule has 3 heterocycles. The number of ether oxygens (including phenoxy) is 1. The lowest BCUT2D eigenvalue weighted by atomic mass is 10.2. The first-order chi connectivity index (χ1) is 17.0. The van der Waals surface area contributed by atoms with E-state index in [-0.39, 0.29) is 11.6 Å². The molecule has 0 aliphatic carbocycles. The second-order valence-corrected chi connectivity index (χ2v) is 9.42. The maximum atomic E-state index is 12.7. The number of aromatic nitrogens is 3. The molecule has 0 unspecified atom stereocenters. The Balaban J connectivity index is 1.25. The Morgan fingerprint density at radius 3 is 2.63 bits per heavy atom. The molecular formula is C24H23ClN6O3S. The SMILES string of the molecule is COc1ccccc1-c1nn2c(=O)cc(CN3CCN(C(=O)Nc4ccccc4Cl)CC3)nc2s1. The fourth-order valence-electron chi connectivity index (χ4n) is 3.96. The summed E-state index contributed by atoms with van der Waals surface area (Å²) in [5.74, 6) is 0.691. The molecule has 1 N–H and O–H groups in total. The highest BCUT2D eigenvalue weighted by Gasteiger charge is 2.22. The van der Waals surface area contributed by atoms with Gasteiger partial charge in [0.1, 0.15) is 5.75 Å². The Morgan fingerprint density at radius 1 is 1.11 bits per heavy atom. The monoisotopic (exact) mass is 510 g/mol. The van der Waals surface area contributed by atoms with Gasteiger partial charge in [-0.05, 0) is 24.3 Å². The van der Waals surface area contributed by atoms with Crippen LogP contribution >= 0.6 is 22.9 Å². The Labute approximate surface area is 210 Å². The number of piperazine rings is 1. The number of anilines is 1. The normalized spacial score (nSPS) is 14.3. The molecule has 0 spiro atoms. The molecule has 11 heteroatoms. The number of carbonyl (C=O) groups excluding carboxylic acids is 1. The summed E-state index contributed by atoms with van der Waals surface area (Å²) in [6, 6.07) is 16.1. The Hall–Kier alpha value is -3.47. The summed E-state index contributed by atoms with van der Waals surface area (Å²) < 4.78 is 6.75. The second-order valence-electron chi connectivity index (χ2n) is 8.06. The number of methoxy groups -OCH3 is 1. The molecule has 9 nitrogen and oxygen atoms in total. The Kier molecular flexibility index (Phi) is 6.67. The molecular weight excluding hydrogens is 488 g/mol. The minimum absolute atomic E-state index is 0.177. The smallest absolute Gasteiger partial charge is 0.321 e. The first-order valence-electron chi connectivity index (χ1n) is 11.1. The number of nitrogens with zero attached hydrogens (tertiary/aromatic N) is 5. The van der Waals surface area contributed by atoms with Crippen LogP contribution in [0.1, 0.15) is 5.69 Å². The van der Waals surface area contributed by atoms with E-state index < -0.39 is 0 Å². The molecule has 0 radical (unpaired) electrons. The van der Waals surface area contributed by atoms with Gasteiger partial charge in [-0.25, -0.2) is 9.78 Å². The molecule has 2 amide bonds. The van der Waals surface area contributed by atoms with E-state index in [0.717, 1.165) is 5.56 Å². The van der Waals surface area contributed by atoms with E-state index in [0.29, 0.717) is 64.8 Å². The number of amides is 2. The van der Waals surface area contributed by atoms with E-state index in [1.165, 1.54) is 21.9 Å². The molecule has 2 aromatic carbocycles. The van der Waals surface area contributed by atoms with Crippen LogP contribution in [-0.4, -0.2) is 63.7 Å². The fourth-order valence-corrected chi connectivity index (χ4v) is 5.10. The lowest BCUT2D eigenvalue weighted by Gasteiger charge is -2.34. The van der Waals surface area contributed by atoms with E-state index in [1.54, 1.807) is 24.1 Å². The van der Waals surface area contributed by atoms with Crippen molar-refractivity contribution in [2.75, 3.05) is 38.6 Å². The van der Waals surface area contributed by atoms with Gasteiger partial charge in [-0.1, -0.05) is 47.2 Å². The van der Waals surface area contributed by atoms with Crippen molar-refractivity contribution in [3.63, 3.8) is 0 Å². The van der Waals surface area contributed by atoms with Crippen LogP contribution in [0.5, 0.6) is 5.75 Å². The van der Waals surface area contributed by atoms with Gasteiger partial charge in [0, 0.05) is 38.8 Å². The molecule has 1 fully saturated rings. The van der Waals surface area contributed by atoms with Gasteiger partial charge in [-0.3, -0.25) is 9.69 Å². The third kappa shape index (κ3) is 5.00. The molecule has 1 aliphatic heterocycles. The largest absolute Gasteiger partial charge is 0.496 e. The van der Waals surface area contributed by atoms with E-state index in [9.17, 15) is 9.59 Å². The van der Waals surface area contributed by atoms with Crippen LogP contribution in [0, 0.1) is 0 Å². The topological polar surface area (TPSA) is 92.1 Å². The van der Waals surface area contributed by atoms with Crippen LogP contribution in [0.3, 0.4) is 0 Å². The number of fused-ring (bicyclic) bond motifs is 1. The van der Waals surface area contributed by atoms with Gasteiger partial charge in [0.25, 0.3) is 5.56 Å². The van der Waals surface area contributed by atoms with Crippen molar-refractivity contribution in [2.24, 2.45) is 0 Å². The van der Waals surface area contributed by atoms with Crippen LogP contribution in [0.4, 0.5) is 10.5 Å². The highest BCUT2D eigenvalue weighted by atomic mass is 35.5. The zero-order chi connectivity index (χ0) is 24.4. The van der Waals surface area contributed by atoms with Crippen LogP contribution in [0.2, 0.25) is 5.02 Å². The number of carbonyl (C=O) groups is 1. The zero-order valence-corrected chi connectivity index (χ0v) is 20.6. The summed E-state index contributed by atoms with van der Waals surface area (Å²) >= 11 is 7.49. The van der Waals surface area contributed by atoms with Crippen molar-refractivity contribution in [1.29, 1.82) is 0 Å². The molecule has 0 atom stereocenters. The van der Waals surface area contributed by atoms with Crippen LogP contribution in [0.15, 0.2) is 59.4 Å². The second kappa shape index (κ2) is 10.0. The van der Waals surface area contributed by atoms with E-state index in [2.05, 4.69) is 20.3 Å². The summed E-state index contributed by atoms with van der Waals surface area (Å²) in [4.78, 5) is 34.5. The molecule has 4 aromatic rings. The van der Waals surface area contributed by atoms with Gasteiger partial charge in [-0.15, -0.1) is 0 Å². The van der Waals surface area contributed by atoms with Crippen molar-refractivity contribution in [1.82, 2.24) is 24.4 Å². The van der Waals surface area contributed by atoms with Gasteiger partial charge in [0.2, 0.25) is 4.96 Å². The van der Waals surface area contributed by atoms with E-state index in [1.807, 2.05) is 36.4 Å². The molecule has 1 aliphatic rings. The summed E-state index contributed by atoms with van der Waals surface area (Å²) in [5.41, 5.74) is 1.87. The number of halogens is 1. The first-order valence-corrected chi connectivity index (χ1v) is 12.3. The number of rotatable bonds is 5. The van der Waals surface area contributed by atoms with Gasteiger partial charge >= 0.3 is 6.03 Å². The highest BCUT2D eigenvalue weighted by molar-refractivity contribution is 7.19.